The fourth-order valence-corrected chi connectivity index (χ4v) is 4.29. The highest BCUT2D eigenvalue weighted by molar-refractivity contribution is 5.43. The zero-order valence-corrected chi connectivity index (χ0v) is 22.6. The largest absolute Gasteiger partial charge is 0.491 e. The molecule has 0 amide bonds. The van der Waals surface area contributed by atoms with Gasteiger partial charge in [-0.2, -0.15) is 5.10 Å². The minimum absolute atomic E-state index is 0.198. The van der Waals surface area contributed by atoms with Crippen molar-refractivity contribution < 1.29 is 19.3 Å². The molecule has 7 nitrogen and oxygen atoms in total. The Morgan fingerprint density at radius 3 is 2.45 bits per heavy atom. The number of aromatic nitrogens is 2. The van der Waals surface area contributed by atoms with E-state index < -0.39 is 6.10 Å². The zero-order valence-electron chi connectivity index (χ0n) is 22.6. The average Bonchev–Trinajstić information content (AvgIpc) is 3.21. The van der Waals surface area contributed by atoms with Crippen molar-refractivity contribution in [3.8, 4) is 23.1 Å². The summed E-state index contributed by atoms with van der Waals surface area (Å²) in [6, 6.07) is 25.8. The molecule has 1 atom stereocenters. The normalized spacial score (nSPS) is 12.1. The molecule has 0 aliphatic heterocycles. The molecule has 38 heavy (non-hydrogen) atoms. The van der Waals surface area contributed by atoms with Crippen molar-refractivity contribution in [2.24, 2.45) is 0 Å². The molecule has 1 aromatic heterocycles. The lowest BCUT2D eigenvalue weighted by Crippen LogP contribution is -2.37. The topological polar surface area (TPSA) is 69.0 Å². The lowest BCUT2D eigenvalue weighted by molar-refractivity contribution is 0.0537. The molecular weight excluding hydrogens is 478 g/mol. The molecule has 0 aliphatic carbocycles. The Kier molecular flexibility index (Phi) is 9.54. The monoisotopic (exact) mass is 515 g/mol. The minimum Gasteiger partial charge on any atom is -0.491 e. The molecule has 1 N–H and O–H groups in total. The summed E-state index contributed by atoms with van der Waals surface area (Å²) < 4.78 is 19.6. The van der Waals surface area contributed by atoms with Crippen LogP contribution in [0.15, 0.2) is 78.9 Å². The van der Waals surface area contributed by atoms with E-state index >= 15 is 0 Å². The van der Waals surface area contributed by atoms with Gasteiger partial charge in [0, 0.05) is 26.7 Å². The van der Waals surface area contributed by atoms with Crippen LogP contribution in [-0.4, -0.2) is 59.3 Å². The first-order valence-corrected chi connectivity index (χ1v) is 12.9. The average molecular weight is 516 g/mol. The van der Waals surface area contributed by atoms with Crippen molar-refractivity contribution in [3.05, 3.63) is 101 Å². The van der Waals surface area contributed by atoms with Crippen molar-refractivity contribution in [1.82, 2.24) is 14.7 Å². The predicted molar refractivity (Wildman–Crippen MR) is 149 cm³/mol. The van der Waals surface area contributed by atoms with Gasteiger partial charge in [0.2, 0.25) is 5.88 Å². The Labute approximate surface area is 225 Å². The van der Waals surface area contributed by atoms with E-state index in [0.29, 0.717) is 32.1 Å². The summed E-state index contributed by atoms with van der Waals surface area (Å²) in [4.78, 5) is 2.15. The minimum atomic E-state index is -0.683. The van der Waals surface area contributed by atoms with Gasteiger partial charge in [0.1, 0.15) is 24.2 Å². The van der Waals surface area contributed by atoms with Crippen molar-refractivity contribution in [1.29, 1.82) is 0 Å². The van der Waals surface area contributed by atoms with Gasteiger partial charge in [0.15, 0.2) is 0 Å². The highest BCUT2D eigenvalue weighted by Crippen LogP contribution is 2.32. The van der Waals surface area contributed by atoms with E-state index in [-0.39, 0.29) is 6.61 Å². The number of rotatable bonds is 13. The maximum absolute atomic E-state index is 10.9. The van der Waals surface area contributed by atoms with Crippen molar-refractivity contribution in [3.63, 3.8) is 0 Å². The maximum Gasteiger partial charge on any atom is 0.227 e. The fraction of sp³-hybridized carbons (Fsp3) is 0.323. The number of aliphatic hydroxyl groups is 1. The highest BCUT2D eigenvalue weighted by Gasteiger charge is 2.23. The first kappa shape index (κ1) is 27.4. The number of benzene rings is 3. The van der Waals surface area contributed by atoms with Crippen LogP contribution in [0, 0.1) is 20.8 Å². The number of para-hydroxylation sites is 2. The van der Waals surface area contributed by atoms with E-state index in [0.717, 1.165) is 39.6 Å². The molecule has 4 rings (SSSR count). The maximum atomic E-state index is 10.9. The van der Waals surface area contributed by atoms with Gasteiger partial charge in [-0.05, 0) is 62.2 Å². The lowest BCUT2D eigenvalue weighted by atomic mass is 10.2. The molecule has 7 heteroatoms. The molecule has 0 saturated carbocycles. The van der Waals surface area contributed by atoms with Gasteiger partial charge in [0.25, 0.3) is 0 Å². The molecule has 0 spiro atoms. The number of hydrogen-bond donors (Lipinski definition) is 1. The second kappa shape index (κ2) is 13.2. The van der Waals surface area contributed by atoms with Crippen LogP contribution >= 0.6 is 0 Å². The van der Waals surface area contributed by atoms with Crippen molar-refractivity contribution in [2.75, 3.05) is 33.4 Å². The van der Waals surface area contributed by atoms with Crippen molar-refractivity contribution in [2.45, 2.75) is 33.4 Å². The third-order valence-corrected chi connectivity index (χ3v) is 6.33. The second-order valence-electron chi connectivity index (χ2n) is 9.49. The molecular formula is C31H37N3O4. The van der Waals surface area contributed by atoms with E-state index in [2.05, 4.69) is 4.90 Å². The summed E-state index contributed by atoms with van der Waals surface area (Å²) in [5, 5.41) is 15.7. The summed E-state index contributed by atoms with van der Waals surface area (Å²) in [5.41, 5.74) is 4.89. The van der Waals surface area contributed by atoms with Crippen LogP contribution in [0.1, 0.15) is 22.4 Å². The van der Waals surface area contributed by atoms with Gasteiger partial charge in [-0.15, -0.1) is 0 Å². The molecule has 0 aliphatic rings. The third-order valence-electron chi connectivity index (χ3n) is 6.33. The Hall–Kier alpha value is -3.65. The van der Waals surface area contributed by atoms with E-state index in [9.17, 15) is 5.11 Å². The SMILES string of the molecule is COCCN(Cc1c(C)nn(-c2ccccc2)c1Oc1cccc(C)c1)CC(O)COc1ccccc1C. The molecule has 3 aromatic carbocycles. The molecule has 0 bridgehead atoms. The number of ether oxygens (including phenoxy) is 3. The molecule has 1 heterocycles. The molecule has 0 fully saturated rings. The standard InChI is InChI=1S/C31H37N3O4/c1-23-11-10-15-28(19-23)38-31-29(25(3)32-34(31)26-13-6-5-7-14-26)21-33(17-18-36-4)20-27(35)22-37-30-16-9-8-12-24(30)2/h5-16,19,27,35H,17-18,20-22H2,1-4H3. The smallest absolute Gasteiger partial charge is 0.227 e. The quantitative estimate of drug-likeness (QED) is 0.254. The van der Waals surface area contributed by atoms with E-state index in [1.807, 2.05) is 104 Å². The first-order chi connectivity index (χ1) is 18.4. The Bertz CT molecular complexity index is 1310. The summed E-state index contributed by atoms with van der Waals surface area (Å²) in [6.45, 7) is 8.34. The second-order valence-corrected chi connectivity index (χ2v) is 9.49. The predicted octanol–water partition coefficient (Wildman–Crippen LogP) is 5.48. The first-order valence-electron chi connectivity index (χ1n) is 12.9. The lowest BCUT2D eigenvalue weighted by Gasteiger charge is -2.25. The summed E-state index contributed by atoms with van der Waals surface area (Å²) in [7, 11) is 1.68. The van der Waals surface area contributed by atoms with Crippen LogP contribution in [0.3, 0.4) is 0 Å². The Balaban J connectivity index is 1.58. The molecule has 4 aromatic rings. The van der Waals surface area contributed by atoms with E-state index in [1.165, 1.54) is 0 Å². The van der Waals surface area contributed by atoms with Gasteiger partial charge in [-0.3, -0.25) is 4.90 Å². The summed E-state index contributed by atoms with van der Waals surface area (Å²) >= 11 is 0. The number of aliphatic hydroxyl groups excluding tert-OH is 1. The van der Waals surface area contributed by atoms with Crippen LogP contribution in [0.4, 0.5) is 0 Å². The van der Waals surface area contributed by atoms with Crippen LogP contribution in [0.2, 0.25) is 0 Å². The Morgan fingerprint density at radius 2 is 1.71 bits per heavy atom. The number of nitrogens with zero attached hydrogens (tertiary/aromatic N) is 3. The van der Waals surface area contributed by atoms with E-state index in [1.54, 1.807) is 7.11 Å². The number of hydrogen-bond acceptors (Lipinski definition) is 6. The number of aryl methyl sites for hydroxylation is 3. The van der Waals surface area contributed by atoms with Gasteiger partial charge in [-0.25, -0.2) is 4.68 Å². The molecule has 200 valence electrons. The summed E-state index contributed by atoms with van der Waals surface area (Å²) in [6.07, 6.45) is -0.683. The van der Waals surface area contributed by atoms with Crippen LogP contribution in [0.25, 0.3) is 5.69 Å². The molecule has 1 unspecified atom stereocenters. The third kappa shape index (κ3) is 7.22. The van der Waals surface area contributed by atoms with E-state index in [4.69, 9.17) is 19.3 Å². The number of methoxy groups -OCH3 is 1. The van der Waals surface area contributed by atoms with Crippen LogP contribution < -0.4 is 9.47 Å². The molecule has 0 radical (unpaired) electrons. The highest BCUT2D eigenvalue weighted by atomic mass is 16.5. The fourth-order valence-electron chi connectivity index (χ4n) is 4.29. The molecule has 0 saturated heterocycles. The Morgan fingerprint density at radius 1 is 0.947 bits per heavy atom. The van der Waals surface area contributed by atoms with Crippen LogP contribution in [0.5, 0.6) is 17.4 Å². The summed E-state index contributed by atoms with van der Waals surface area (Å²) in [5.74, 6) is 2.19. The van der Waals surface area contributed by atoms with Gasteiger partial charge in [0.05, 0.1) is 23.6 Å². The van der Waals surface area contributed by atoms with Crippen LogP contribution in [-0.2, 0) is 11.3 Å². The zero-order chi connectivity index (χ0) is 26.9. The van der Waals surface area contributed by atoms with Gasteiger partial charge in [-0.1, -0.05) is 48.5 Å². The van der Waals surface area contributed by atoms with Gasteiger partial charge >= 0.3 is 0 Å². The van der Waals surface area contributed by atoms with Gasteiger partial charge < -0.3 is 19.3 Å². The van der Waals surface area contributed by atoms with Crippen molar-refractivity contribution >= 4 is 0 Å².